The summed E-state index contributed by atoms with van der Waals surface area (Å²) >= 11 is 0. The largest absolute Gasteiger partial charge is 0.478 e. The van der Waals surface area contributed by atoms with Gasteiger partial charge >= 0.3 is 11.9 Å². The summed E-state index contributed by atoms with van der Waals surface area (Å²) in [6.45, 7) is 3.64. The minimum absolute atomic E-state index is 0.0540. The Morgan fingerprint density at radius 3 is 2.20 bits per heavy atom. The molecule has 158 valence electrons. The van der Waals surface area contributed by atoms with Crippen LogP contribution in [0.2, 0.25) is 0 Å². The van der Waals surface area contributed by atoms with Gasteiger partial charge in [-0.25, -0.2) is 18.0 Å². The summed E-state index contributed by atoms with van der Waals surface area (Å²) in [6, 6.07) is 7.33. The molecule has 0 saturated heterocycles. The minimum Gasteiger partial charge on any atom is -0.478 e. The average molecular weight is 432 g/mol. The minimum atomic E-state index is -4.12. The van der Waals surface area contributed by atoms with Gasteiger partial charge in [0, 0.05) is 18.2 Å². The van der Waals surface area contributed by atoms with E-state index in [4.69, 9.17) is 10.2 Å². The molecule has 2 aromatic rings. The fourth-order valence-electron chi connectivity index (χ4n) is 3.47. The lowest BCUT2D eigenvalue weighted by atomic mass is 10.1. The Morgan fingerprint density at radius 2 is 1.67 bits per heavy atom. The molecule has 3 N–H and O–H groups in total. The highest BCUT2D eigenvalue weighted by molar-refractivity contribution is 7.92. The summed E-state index contributed by atoms with van der Waals surface area (Å²) in [5, 5.41) is 18.3. The van der Waals surface area contributed by atoms with E-state index in [2.05, 4.69) is 4.72 Å². The van der Waals surface area contributed by atoms with E-state index in [1.807, 2.05) is 6.92 Å². The maximum absolute atomic E-state index is 12.8. The number of carbonyl (C=O) groups is 3. The fourth-order valence-corrected chi connectivity index (χ4v) is 4.56. The number of hydrogen-bond acceptors (Lipinski definition) is 5. The monoisotopic (exact) mass is 432 g/mol. The zero-order valence-electron chi connectivity index (χ0n) is 16.2. The van der Waals surface area contributed by atoms with Crippen molar-refractivity contribution < 1.29 is 33.0 Å². The number of nitrogens with one attached hydrogen (secondary N) is 1. The highest BCUT2D eigenvalue weighted by Crippen LogP contribution is 2.34. The maximum atomic E-state index is 12.8. The number of benzene rings is 2. The smallest absolute Gasteiger partial charge is 0.335 e. The quantitative estimate of drug-likeness (QED) is 0.637. The molecule has 1 unspecified atom stereocenters. The zero-order chi connectivity index (χ0) is 22.2. The molecule has 30 heavy (non-hydrogen) atoms. The van der Waals surface area contributed by atoms with E-state index in [9.17, 15) is 22.8 Å². The van der Waals surface area contributed by atoms with Gasteiger partial charge in [-0.3, -0.25) is 9.52 Å². The van der Waals surface area contributed by atoms with Crippen molar-refractivity contribution in [2.75, 3.05) is 9.62 Å². The summed E-state index contributed by atoms with van der Waals surface area (Å²) in [5.74, 6) is -2.82. The van der Waals surface area contributed by atoms with E-state index >= 15 is 0 Å². The van der Waals surface area contributed by atoms with Crippen LogP contribution in [0.15, 0.2) is 41.3 Å². The Hall–Kier alpha value is -3.40. The highest BCUT2D eigenvalue weighted by Gasteiger charge is 2.31. The molecule has 1 atom stereocenters. The average Bonchev–Trinajstić information content (AvgIpc) is 3.01. The molecule has 0 spiro atoms. The Bertz CT molecular complexity index is 1130. The first-order chi connectivity index (χ1) is 14.0. The highest BCUT2D eigenvalue weighted by atomic mass is 32.2. The van der Waals surface area contributed by atoms with E-state index in [1.54, 1.807) is 17.9 Å². The van der Waals surface area contributed by atoms with Gasteiger partial charge in [-0.05, 0) is 55.3 Å². The molecule has 0 radical (unpaired) electrons. The van der Waals surface area contributed by atoms with Gasteiger partial charge in [0.15, 0.2) is 0 Å². The number of hydrogen-bond donors (Lipinski definition) is 3. The number of carboxylic acid groups (broad SMARTS) is 2. The van der Waals surface area contributed by atoms with Crippen LogP contribution < -0.4 is 9.62 Å². The number of carboxylic acids is 2. The molecular weight excluding hydrogens is 412 g/mol. The van der Waals surface area contributed by atoms with Gasteiger partial charge in [-0.2, -0.15) is 0 Å². The number of sulfonamides is 1. The topological polar surface area (TPSA) is 141 Å². The normalized spacial score (nSPS) is 15.5. The standard InChI is InChI=1S/C20H20N2O7S/c1-3-18(23)22-11(2)6-12-10-16(4-5-17(12)22)30(28,29)21-15-8-13(19(24)25)7-14(9-15)20(26)27/h4-5,7-11,21H,3,6H2,1-2H3,(H,24,25)(H,26,27). The second-order valence-electron chi connectivity index (χ2n) is 6.98. The predicted molar refractivity (Wildman–Crippen MR) is 109 cm³/mol. The van der Waals surface area contributed by atoms with E-state index in [0.29, 0.717) is 24.1 Å². The van der Waals surface area contributed by atoms with Gasteiger partial charge in [-0.15, -0.1) is 0 Å². The van der Waals surface area contributed by atoms with Gasteiger partial charge in [0.1, 0.15) is 0 Å². The molecule has 0 aliphatic carbocycles. The van der Waals surface area contributed by atoms with E-state index < -0.39 is 22.0 Å². The lowest BCUT2D eigenvalue weighted by molar-refractivity contribution is -0.118. The van der Waals surface area contributed by atoms with Crippen molar-refractivity contribution in [3.05, 3.63) is 53.1 Å². The number of rotatable bonds is 6. The number of anilines is 2. The van der Waals surface area contributed by atoms with Crippen molar-refractivity contribution in [2.45, 2.75) is 37.6 Å². The van der Waals surface area contributed by atoms with Crippen molar-refractivity contribution >= 4 is 39.2 Å². The van der Waals surface area contributed by atoms with Crippen molar-refractivity contribution in [1.29, 1.82) is 0 Å². The Morgan fingerprint density at radius 1 is 1.07 bits per heavy atom. The van der Waals surface area contributed by atoms with Gasteiger partial charge in [0.05, 0.1) is 21.7 Å². The third-order valence-corrected chi connectivity index (χ3v) is 6.21. The zero-order valence-corrected chi connectivity index (χ0v) is 17.1. The third-order valence-electron chi connectivity index (χ3n) is 4.83. The number of aromatic carboxylic acids is 2. The van der Waals surface area contributed by atoms with Crippen LogP contribution in [0.1, 0.15) is 46.5 Å². The van der Waals surface area contributed by atoms with Crippen LogP contribution in [0.3, 0.4) is 0 Å². The molecular formula is C20H20N2O7S. The lowest BCUT2D eigenvalue weighted by Crippen LogP contribution is -2.35. The van der Waals surface area contributed by atoms with Gasteiger partial charge in [0.25, 0.3) is 10.0 Å². The number of carbonyl (C=O) groups excluding carboxylic acids is 1. The first-order valence-corrected chi connectivity index (χ1v) is 10.6. The van der Waals surface area contributed by atoms with E-state index in [-0.39, 0.29) is 33.7 Å². The predicted octanol–water partition coefficient (Wildman–Crippen LogP) is 2.57. The Labute approximate surface area is 173 Å². The van der Waals surface area contributed by atoms with Crippen LogP contribution in [0.4, 0.5) is 11.4 Å². The number of fused-ring (bicyclic) bond motifs is 1. The SMILES string of the molecule is CCC(=O)N1c2ccc(S(=O)(=O)Nc3cc(C(=O)O)cc(C(=O)O)c3)cc2CC1C. The summed E-state index contributed by atoms with van der Waals surface area (Å²) in [4.78, 5) is 36.2. The van der Waals surface area contributed by atoms with Crippen LogP contribution >= 0.6 is 0 Å². The fraction of sp³-hybridized carbons (Fsp3) is 0.250. The molecule has 1 aliphatic rings. The molecule has 2 aromatic carbocycles. The van der Waals surface area contributed by atoms with Crippen molar-refractivity contribution in [1.82, 2.24) is 0 Å². The molecule has 1 aliphatic heterocycles. The summed E-state index contributed by atoms with van der Waals surface area (Å²) in [6.07, 6.45) is 0.833. The van der Waals surface area contributed by atoms with Crippen LogP contribution in [-0.2, 0) is 21.2 Å². The van der Waals surface area contributed by atoms with Gasteiger partial charge < -0.3 is 15.1 Å². The second-order valence-corrected chi connectivity index (χ2v) is 8.66. The van der Waals surface area contributed by atoms with Crippen LogP contribution in [0, 0.1) is 0 Å². The van der Waals surface area contributed by atoms with Gasteiger partial charge in [0.2, 0.25) is 5.91 Å². The van der Waals surface area contributed by atoms with Crippen molar-refractivity contribution in [3.63, 3.8) is 0 Å². The number of amides is 1. The third kappa shape index (κ3) is 3.99. The van der Waals surface area contributed by atoms with Crippen molar-refractivity contribution in [2.24, 2.45) is 0 Å². The molecule has 1 heterocycles. The summed E-state index contributed by atoms with van der Waals surface area (Å²) in [5.41, 5.74) is 0.476. The van der Waals surface area contributed by atoms with Crippen molar-refractivity contribution in [3.8, 4) is 0 Å². The van der Waals surface area contributed by atoms with Crippen LogP contribution in [0.5, 0.6) is 0 Å². The molecule has 3 rings (SSSR count). The molecule has 1 amide bonds. The first-order valence-electron chi connectivity index (χ1n) is 9.13. The molecule has 0 aromatic heterocycles. The first kappa shape index (κ1) is 21.3. The van der Waals surface area contributed by atoms with E-state index in [0.717, 1.165) is 18.2 Å². The molecule has 10 heteroatoms. The number of nitrogens with zero attached hydrogens (tertiary/aromatic N) is 1. The Kier molecular flexibility index (Phi) is 5.53. The van der Waals surface area contributed by atoms with Crippen LogP contribution in [-0.4, -0.2) is 42.5 Å². The summed E-state index contributed by atoms with van der Waals surface area (Å²) in [7, 11) is -4.12. The van der Waals surface area contributed by atoms with Crippen LogP contribution in [0.25, 0.3) is 0 Å². The Balaban J connectivity index is 1.96. The summed E-state index contributed by atoms with van der Waals surface area (Å²) < 4.78 is 27.9. The maximum Gasteiger partial charge on any atom is 0.335 e. The molecule has 0 saturated carbocycles. The molecule has 0 bridgehead atoms. The molecule has 0 fully saturated rings. The molecule has 9 nitrogen and oxygen atoms in total. The second kappa shape index (κ2) is 7.79. The van der Waals surface area contributed by atoms with Gasteiger partial charge in [-0.1, -0.05) is 6.92 Å². The lowest BCUT2D eigenvalue weighted by Gasteiger charge is -2.22. The van der Waals surface area contributed by atoms with E-state index in [1.165, 1.54) is 12.1 Å².